The van der Waals surface area contributed by atoms with Gasteiger partial charge in [-0.05, 0) is 37.0 Å². The second kappa shape index (κ2) is 2.22. The minimum absolute atomic E-state index is 0.161. The van der Waals surface area contributed by atoms with E-state index in [2.05, 4.69) is 0 Å². The Bertz CT molecular complexity index is 225. The maximum absolute atomic E-state index is 11.0. The van der Waals surface area contributed by atoms with Gasteiger partial charge in [0.05, 0.1) is 0 Å². The van der Waals surface area contributed by atoms with Crippen molar-refractivity contribution < 1.29 is 9.90 Å². The molecule has 2 rings (SSSR count). The van der Waals surface area contributed by atoms with Crippen molar-refractivity contribution in [2.75, 3.05) is 0 Å². The highest BCUT2D eigenvalue weighted by atomic mass is 16.4. The van der Waals surface area contributed by atoms with E-state index in [1.54, 1.807) is 0 Å². The van der Waals surface area contributed by atoms with Crippen LogP contribution in [0.2, 0.25) is 0 Å². The van der Waals surface area contributed by atoms with Gasteiger partial charge in [-0.2, -0.15) is 0 Å². The normalized spacial score (nSPS) is 51.3. The second-order valence-corrected chi connectivity index (χ2v) is 4.30. The van der Waals surface area contributed by atoms with E-state index in [-0.39, 0.29) is 11.8 Å². The summed E-state index contributed by atoms with van der Waals surface area (Å²) in [7, 11) is 0. The minimum Gasteiger partial charge on any atom is -0.480 e. The molecule has 0 heterocycles. The van der Waals surface area contributed by atoms with Gasteiger partial charge in [0.1, 0.15) is 5.54 Å². The molecule has 3 nitrogen and oxygen atoms in total. The Labute approximate surface area is 71.9 Å². The van der Waals surface area contributed by atoms with Gasteiger partial charge < -0.3 is 10.8 Å². The fourth-order valence-corrected chi connectivity index (χ4v) is 3.04. The summed E-state index contributed by atoms with van der Waals surface area (Å²) in [5, 5.41) is 9.04. The fraction of sp³-hybridized carbons (Fsp3) is 0.889. The van der Waals surface area contributed by atoms with Crippen LogP contribution in [0.4, 0.5) is 0 Å². The molecule has 4 unspecified atom stereocenters. The van der Waals surface area contributed by atoms with Crippen molar-refractivity contribution in [3.63, 3.8) is 0 Å². The molecule has 0 aromatic carbocycles. The van der Waals surface area contributed by atoms with Gasteiger partial charge in [0.15, 0.2) is 0 Å². The van der Waals surface area contributed by atoms with Gasteiger partial charge in [-0.25, -0.2) is 0 Å². The first-order valence-corrected chi connectivity index (χ1v) is 4.59. The van der Waals surface area contributed by atoms with E-state index in [0.29, 0.717) is 5.92 Å². The monoisotopic (exact) mass is 169 g/mol. The fourth-order valence-electron chi connectivity index (χ4n) is 3.04. The van der Waals surface area contributed by atoms with Crippen molar-refractivity contribution in [3.05, 3.63) is 0 Å². The van der Waals surface area contributed by atoms with Crippen LogP contribution >= 0.6 is 0 Å². The van der Waals surface area contributed by atoms with Crippen LogP contribution in [0.1, 0.15) is 26.2 Å². The molecule has 0 aromatic rings. The molecule has 0 amide bonds. The quantitative estimate of drug-likeness (QED) is 0.611. The average Bonchev–Trinajstić information content (AvgIpc) is 2.55. The zero-order valence-electron chi connectivity index (χ0n) is 7.29. The molecule has 2 aliphatic rings. The van der Waals surface area contributed by atoms with Crippen molar-refractivity contribution >= 4 is 5.97 Å². The third kappa shape index (κ3) is 0.724. The number of hydrogen-bond donors (Lipinski definition) is 2. The number of hydrogen-bond acceptors (Lipinski definition) is 2. The van der Waals surface area contributed by atoms with Crippen LogP contribution in [0.3, 0.4) is 0 Å². The number of carboxylic acid groups (broad SMARTS) is 1. The van der Waals surface area contributed by atoms with Gasteiger partial charge in [0.25, 0.3) is 0 Å². The molecule has 2 saturated carbocycles. The van der Waals surface area contributed by atoms with E-state index in [1.807, 2.05) is 6.92 Å². The summed E-state index contributed by atoms with van der Waals surface area (Å²) in [6.45, 7) is 1.98. The van der Waals surface area contributed by atoms with E-state index in [4.69, 9.17) is 10.8 Å². The molecule has 0 saturated heterocycles. The first-order valence-electron chi connectivity index (χ1n) is 4.59. The summed E-state index contributed by atoms with van der Waals surface area (Å²) in [5.41, 5.74) is 5.02. The Balaban J connectivity index is 2.32. The van der Waals surface area contributed by atoms with Crippen LogP contribution in [0.25, 0.3) is 0 Å². The maximum Gasteiger partial charge on any atom is 0.324 e. The molecule has 3 heteroatoms. The van der Waals surface area contributed by atoms with E-state index in [9.17, 15) is 4.79 Å². The largest absolute Gasteiger partial charge is 0.480 e. The standard InChI is InChI=1S/C9H15NO2/c1-5-6-2-3-7(4-6)9(5,10)8(11)12/h5-7H,2-4,10H2,1H3,(H,11,12). The lowest BCUT2D eigenvalue weighted by Crippen LogP contribution is -2.57. The van der Waals surface area contributed by atoms with Gasteiger partial charge in [-0.15, -0.1) is 0 Å². The van der Waals surface area contributed by atoms with Gasteiger partial charge in [0.2, 0.25) is 0 Å². The molecule has 2 bridgehead atoms. The molecule has 12 heavy (non-hydrogen) atoms. The maximum atomic E-state index is 11.0. The molecule has 2 fully saturated rings. The Morgan fingerprint density at radius 1 is 1.58 bits per heavy atom. The summed E-state index contributed by atoms with van der Waals surface area (Å²) in [4.78, 5) is 11.0. The van der Waals surface area contributed by atoms with Crippen LogP contribution in [-0.2, 0) is 4.79 Å². The highest BCUT2D eigenvalue weighted by Gasteiger charge is 2.58. The van der Waals surface area contributed by atoms with Crippen molar-refractivity contribution in [1.29, 1.82) is 0 Å². The number of carbonyl (C=O) groups is 1. The molecule has 0 aliphatic heterocycles. The number of aliphatic carboxylic acids is 1. The van der Waals surface area contributed by atoms with Crippen LogP contribution in [0, 0.1) is 17.8 Å². The van der Waals surface area contributed by atoms with Crippen LogP contribution in [0.5, 0.6) is 0 Å². The first-order chi connectivity index (χ1) is 5.56. The van der Waals surface area contributed by atoms with Gasteiger partial charge in [-0.1, -0.05) is 6.92 Å². The predicted molar refractivity (Wildman–Crippen MR) is 44.5 cm³/mol. The Morgan fingerprint density at radius 3 is 2.58 bits per heavy atom. The van der Waals surface area contributed by atoms with Crippen LogP contribution in [-0.4, -0.2) is 16.6 Å². The zero-order valence-corrected chi connectivity index (χ0v) is 7.29. The summed E-state index contributed by atoms with van der Waals surface area (Å²) in [5.74, 6) is 0.155. The molecular weight excluding hydrogens is 154 g/mol. The first kappa shape index (κ1) is 8.05. The van der Waals surface area contributed by atoms with Crippen molar-refractivity contribution in [2.45, 2.75) is 31.7 Å². The zero-order chi connectivity index (χ0) is 8.93. The topological polar surface area (TPSA) is 63.3 Å². The van der Waals surface area contributed by atoms with E-state index < -0.39 is 11.5 Å². The summed E-state index contributed by atoms with van der Waals surface area (Å²) in [6, 6.07) is 0. The molecule has 2 aliphatic carbocycles. The number of fused-ring (bicyclic) bond motifs is 2. The van der Waals surface area contributed by atoms with Crippen LogP contribution < -0.4 is 5.73 Å². The highest BCUT2D eigenvalue weighted by molar-refractivity contribution is 5.80. The summed E-state index contributed by atoms with van der Waals surface area (Å²) in [6.07, 6.45) is 3.22. The molecule has 68 valence electrons. The second-order valence-electron chi connectivity index (χ2n) is 4.30. The van der Waals surface area contributed by atoms with E-state index in [1.165, 1.54) is 6.42 Å². The summed E-state index contributed by atoms with van der Waals surface area (Å²) < 4.78 is 0. The number of nitrogens with two attached hydrogens (primary N) is 1. The Kier molecular flexibility index (Phi) is 1.49. The van der Waals surface area contributed by atoms with Crippen LogP contribution in [0.15, 0.2) is 0 Å². The molecule has 4 atom stereocenters. The third-order valence-electron chi connectivity index (χ3n) is 3.98. The summed E-state index contributed by atoms with van der Waals surface area (Å²) >= 11 is 0. The smallest absolute Gasteiger partial charge is 0.324 e. The Hall–Kier alpha value is -0.570. The Morgan fingerprint density at radius 2 is 2.25 bits per heavy atom. The lowest BCUT2D eigenvalue weighted by atomic mass is 9.74. The van der Waals surface area contributed by atoms with Gasteiger partial charge in [0, 0.05) is 0 Å². The van der Waals surface area contributed by atoms with Crippen molar-refractivity contribution in [2.24, 2.45) is 23.5 Å². The minimum atomic E-state index is -0.914. The predicted octanol–water partition coefficient (Wildman–Crippen LogP) is 0.834. The van der Waals surface area contributed by atoms with Crippen molar-refractivity contribution in [1.82, 2.24) is 0 Å². The highest BCUT2D eigenvalue weighted by Crippen LogP contribution is 2.53. The lowest BCUT2D eigenvalue weighted by molar-refractivity contribution is -0.147. The van der Waals surface area contributed by atoms with E-state index in [0.717, 1.165) is 12.8 Å². The number of rotatable bonds is 1. The van der Waals surface area contributed by atoms with Crippen molar-refractivity contribution in [3.8, 4) is 0 Å². The number of carboxylic acids is 1. The van der Waals surface area contributed by atoms with Gasteiger partial charge >= 0.3 is 5.97 Å². The average molecular weight is 169 g/mol. The molecule has 0 aromatic heterocycles. The van der Waals surface area contributed by atoms with E-state index >= 15 is 0 Å². The molecule has 3 N–H and O–H groups in total. The molecule has 0 spiro atoms. The molecular formula is C9H15NO2. The third-order valence-corrected chi connectivity index (χ3v) is 3.98. The molecule has 0 radical (unpaired) electrons. The van der Waals surface area contributed by atoms with Gasteiger partial charge in [-0.3, -0.25) is 4.79 Å². The lowest BCUT2D eigenvalue weighted by Gasteiger charge is -2.34. The SMILES string of the molecule is CC1C2CCC(C2)C1(N)C(=O)O.